The number of rotatable bonds is 5. The summed E-state index contributed by atoms with van der Waals surface area (Å²) in [5, 5.41) is 3.49. The molecule has 13 heavy (non-hydrogen) atoms. The Bertz CT molecular complexity index is 121. The monoisotopic (exact) mass is 185 g/mol. The second-order valence-electron chi connectivity index (χ2n) is 4.08. The molecular formula is C11H23NO. The van der Waals surface area contributed by atoms with Crippen LogP contribution in [0, 0.1) is 0 Å². The molecule has 0 aliphatic carbocycles. The predicted octanol–water partition coefficient (Wildman–Crippen LogP) is 2.33. The average molecular weight is 185 g/mol. The Morgan fingerprint density at radius 3 is 2.92 bits per heavy atom. The van der Waals surface area contributed by atoms with Crippen LogP contribution in [0.4, 0.5) is 0 Å². The molecule has 1 heterocycles. The first-order chi connectivity index (χ1) is 6.33. The standard InChI is InChI=1S/C11H23NO/c1-3-6-10(2)13-9-11-7-4-5-8-12-11/h10-12H,3-9H2,1-2H3. The van der Waals surface area contributed by atoms with Gasteiger partial charge in [0, 0.05) is 6.04 Å². The minimum atomic E-state index is 0.439. The fourth-order valence-electron chi connectivity index (χ4n) is 1.84. The highest BCUT2D eigenvalue weighted by molar-refractivity contribution is 4.71. The zero-order valence-electron chi connectivity index (χ0n) is 9.01. The third-order valence-corrected chi connectivity index (χ3v) is 2.69. The van der Waals surface area contributed by atoms with Gasteiger partial charge in [0.25, 0.3) is 0 Å². The Hall–Kier alpha value is -0.0800. The van der Waals surface area contributed by atoms with Crippen LogP contribution >= 0.6 is 0 Å². The van der Waals surface area contributed by atoms with Gasteiger partial charge in [-0.25, -0.2) is 0 Å². The second-order valence-corrected chi connectivity index (χ2v) is 4.08. The Balaban J connectivity index is 2.03. The van der Waals surface area contributed by atoms with Crippen LogP contribution in [-0.2, 0) is 4.74 Å². The Kier molecular flexibility index (Phi) is 5.40. The Morgan fingerprint density at radius 1 is 1.46 bits per heavy atom. The number of nitrogens with one attached hydrogen (secondary N) is 1. The van der Waals surface area contributed by atoms with E-state index in [2.05, 4.69) is 19.2 Å². The summed E-state index contributed by atoms with van der Waals surface area (Å²) in [4.78, 5) is 0. The van der Waals surface area contributed by atoms with Crippen molar-refractivity contribution in [2.24, 2.45) is 0 Å². The van der Waals surface area contributed by atoms with Gasteiger partial charge >= 0.3 is 0 Å². The van der Waals surface area contributed by atoms with Gasteiger partial charge in [0.1, 0.15) is 0 Å². The number of hydrogen-bond acceptors (Lipinski definition) is 2. The van der Waals surface area contributed by atoms with Crippen molar-refractivity contribution in [1.29, 1.82) is 0 Å². The summed E-state index contributed by atoms with van der Waals surface area (Å²) in [5.74, 6) is 0. The molecule has 0 saturated carbocycles. The van der Waals surface area contributed by atoms with Crippen molar-refractivity contribution in [2.45, 2.75) is 58.1 Å². The molecule has 1 N–H and O–H groups in total. The van der Waals surface area contributed by atoms with Gasteiger partial charge in [-0.15, -0.1) is 0 Å². The summed E-state index contributed by atoms with van der Waals surface area (Å²) in [7, 11) is 0. The van der Waals surface area contributed by atoms with Gasteiger partial charge in [-0.2, -0.15) is 0 Å². The highest BCUT2D eigenvalue weighted by Crippen LogP contribution is 2.09. The summed E-state index contributed by atoms with van der Waals surface area (Å²) in [5.41, 5.74) is 0. The molecule has 0 aromatic carbocycles. The molecule has 0 amide bonds. The van der Waals surface area contributed by atoms with E-state index in [1.165, 1.54) is 38.6 Å². The fourth-order valence-corrected chi connectivity index (χ4v) is 1.84. The van der Waals surface area contributed by atoms with Crippen molar-refractivity contribution in [3.8, 4) is 0 Å². The molecule has 2 heteroatoms. The molecule has 0 bridgehead atoms. The van der Waals surface area contributed by atoms with E-state index in [0.717, 1.165) is 6.61 Å². The molecule has 0 aromatic rings. The third-order valence-electron chi connectivity index (χ3n) is 2.69. The third kappa shape index (κ3) is 4.63. The first-order valence-electron chi connectivity index (χ1n) is 5.68. The molecule has 0 radical (unpaired) electrons. The van der Waals surface area contributed by atoms with Crippen LogP contribution in [0.5, 0.6) is 0 Å². The lowest BCUT2D eigenvalue weighted by molar-refractivity contribution is 0.0395. The minimum absolute atomic E-state index is 0.439. The first kappa shape index (κ1) is 11.0. The van der Waals surface area contributed by atoms with E-state index in [-0.39, 0.29) is 0 Å². The molecule has 78 valence electrons. The minimum Gasteiger partial charge on any atom is -0.377 e. The van der Waals surface area contributed by atoms with Gasteiger partial charge in [0.2, 0.25) is 0 Å². The molecule has 0 aromatic heterocycles. The molecule has 2 unspecified atom stereocenters. The maximum atomic E-state index is 5.76. The van der Waals surface area contributed by atoms with Crippen molar-refractivity contribution < 1.29 is 4.74 Å². The van der Waals surface area contributed by atoms with Crippen LogP contribution in [0.15, 0.2) is 0 Å². The highest BCUT2D eigenvalue weighted by atomic mass is 16.5. The molecule has 2 atom stereocenters. The summed E-state index contributed by atoms with van der Waals surface area (Å²) >= 11 is 0. The quantitative estimate of drug-likeness (QED) is 0.710. The largest absolute Gasteiger partial charge is 0.377 e. The molecule has 1 fully saturated rings. The van der Waals surface area contributed by atoms with Gasteiger partial charge in [-0.1, -0.05) is 19.8 Å². The SMILES string of the molecule is CCCC(C)OCC1CCCCN1. The van der Waals surface area contributed by atoms with Crippen molar-refractivity contribution in [2.75, 3.05) is 13.2 Å². The van der Waals surface area contributed by atoms with Gasteiger partial charge < -0.3 is 10.1 Å². The maximum Gasteiger partial charge on any atom is 0.0623 e. The summed E-state index contributed by atoms with van der Waals surface area (Å²) in [6.07, 6.45) is 6.84. The van der Waals surface area contributed by atoms with Gasteiger partial charge in [-0.05, 0) is 32.7 Å². The van der Waals surface area contributed by atoms with Crippen molar-refractivity contribution in [3.63, 3.8) is 0 Å². The topological polar surface area (TPSA) is 21.3 Å². The van der Waals surface area contributed by atoms with Gasteiger partial charge in [-0.3, -0.25) is 0 Å². The van der Waals surface area contributed by atoms with Crippen molar-refractivity contribution in [3.05, 3.63) is 0 Å². The van der Waals surface area contributed by atoms with Crippen LogP contribution in [0.25, 0.3) is 0 Å². The van der Waals surface area contributed by atoms with Crippen LogP contribution in [0.3, 0.4) is 0 Å². The highest BCUT2D eigenvalue weighted by Gasteiger charge is 2.13. The molecule has 1 saturated heterocycles. The van der Waals surface area contributed by atoms with E-state index in [1.807, 2.05) is 0 Å². The summed E-state index contributed by atoms with van der Waals surface area (Å²) in [6.45, 7) is 6.46. The zero-order chi connectivity index (χ0) is 9.52. The first-order valence-corrected chi connectivity index (χ1v) is 5.68. The lowest BCUT2D eigenvalue weighted by atomic mass is 10.1. The van der Waals surface area contributed by atoms with Gasteiger partial charge in [0.05, 0.1) is 12.7 Å². The smallest absolute Gasteiger partial charge is 0.0623 e. The molecular weight excluding hydrogens is 162 g/mol. The molecule has 0 spiro atoms. The predicted molar refractivity (Wildman–Crippen MR) is 56.0 cm³/mol. The van der Waals surface area contributed by atoms with Crippen LogP contribution in [0.2, 0.25) is 0 Å². The van der Waals surface area contributed by atoms with Crippen LogP contribution in [0.1, 0.15) is 46.0 Å². The van der Waals surface area contributed by atoms with Crippen LogP contribution < -0.4 is 5.32 Å². The van der Waals surface area contributed by atoms with Crippen molar-refractivity contribution in [1.82, 2.24) is 5.32 Å². The maximum absolute atomic E-state index is 5.76. The Labute approximate surface area is 82.0 Å². The summed E-state index contributed by atoms with van der Waals surface area (Å²) < 4.78 is 5.76. The number of hydrogen-bond donors (Lipinski definition) is 1. The fraction of sp³-hybridized carbons (Fsp3) is 1.00. The number of piperidine rings is 1. The van der Waals surface area contributed by atoms with E-state index < -0.39 is 0 Å². The average Bonchev–Trinajstić information content (AvgIpc) is 2.17. The second kappa shape index (κ2) is 6.39. The lowest BCUT2D eigenvalue weighted by Gasteiger charge is -2.24. The van der Waals surface area contributed by atoms with E-state index in [0.29, 0.717) is 12.1 Å². The normalized spacial score (nSPS) is 25.8. The molecule has 2 nitrogen and oxygen atoms in total. The number of ether oxygens (including phenoxy) is 1. The lowest BCUT2D eigenvalue weighted by Crippen LogP contribution is -2.38. The zero-order valence-corrected chi connectivity index (χ0v) is 9.01. The van der Waals surface area contributed by atoms with E-state index >= 15 is 0 Å². The molecule has 1 aliphatic rings. The molecule has 1 aliphatic heterocycles. The van der Waals surface area contributed by atoms with Crippen molar-refractivity contribution >= 4 is 0 Å². The van der Waals surface area contributed by atoms with E-state index in [9.17, 15) is 0 Å². The van der Waals surface area contributed by atoms with E-state index in [1.54, 1.807) is 0 Å². The Morgan fingerprint density at radius 2 is 2.31 bits per heavy atom. The van der Waals surface area contributed by atoms with Crippen LogP contribution in [-0.4, -0.2) is 25.3 Å². The van der Waals surface area contributed by atoms with Gasteiger partial charge in [0.15, 0.2) is 0 Å². The molecule has 1 rings (SSSR count). The summed E-state index contributed by atoms with van der Waals surface area (Å²) in [6, 6.07) is 0.619. The van der Waals surface area contributed by atoms with E-state index in [4.69, 9.17) is 4.74 Å².